The van der Waals surface area contributed by atoms with Crippen molar-refractivity contribution in [1.82, 2.24) is 0 Å². The van der Waals surface area contributed by atoms with E-state index in [0.29, 0.717) is 19.8 Å². The van der Waals surface area contributed by atoms with E-state index < -0.39 is 21.5 Å². The number of benzene rings is 1. The molecule has 0 saturated carbocycles. The second kappa shape index (κ2) is 5.11. The molecule has 3 N–H and O–H groups in total. The molecule has 1 aromatic carbocycles. The summed E-state index contributed by atoms with van der Waals surface area (Å²) in [5.74, 6) is -1.12. The fraction of sp³-hybridized carbons (Fsp3) is 0.364. The Hall–Kier alpha value is -0.850. The predicted octanol–water partition coefficient (Wildman–Crippen LogP) is 0.269. The minimum absolute atomic E-state index is 0.00823. The normalized spacial score (nSPS) is 28.6. The van der Waals surface area contributed by atoms with Crippen LogP contribution in [0, 0.1) is 5.92 Å². The Morgan fingerprint density at radius 1 is 1.19 bits per heavy atom. The maximum Gasteiger partial charge on any atom is 0.449 e. The summed E-state index contributed by atoms with van der Waals surface area (Å²) < 4.78 is 28.3. The topological polar surface area (TPSA) is 123 Å². The van der Waals surface area contributed by atoms with Gasteiger partial charge in [0.05, 0.1) is 5.56 Å². The van der Waals surface area contributed by atoms with Gasteiger partial charge in [-0.25, -0.2) is 4.79 Å². The molecule has 3 aliphatic rings. The summed E-state index contributed by atoms with van der Waals surface area (Å²) in [7, 11) is -7.73. The van der Waals surface area contributed by atoms with Gasteiger partial charge in [0.2, 0.25) is 0 Å². The largest absolute Gasteiger partial charge is 0.478 e. The molecule has 0 amide bonds. The minimum atomic E-state index is -4.62. The Morgan fingerprint density at radius 3 is 2.24 bits per heavy atom. The molecule has 0 atom stereocenters. The van der Waals surface area contributed by atoms with E-state index in [1.165, 1.54) is 0 Å². The second-order valence-corrected chi connectivity index (χ2v) is 8.62. The zero-order valence-electron chi connectivity index (χ0n) is 10.7. The van der Waals surface area contributed by atoms with Crippen molar-refractivity contribution in [3.8, 4) is 0 Å². The molecule has 3 saturated heterocycles. The van der Waals surface area contributed by atoms with Crippen LogP contribution in [0.2, 0.25) is 0 Å². The zero-order valence-corrected chi connectivity index (χ0v) is 12.5. The summed E-state index contributed by atoms with van der Waals surface area (Å²) in [6, 6.07) is 3.39. The molecule has 3 fully saturated rings. The maximum absolute atomic E-state index is 11.6. The van der Waals surface area contributed by atoms with Crippen LogP contribution in [-0.4, -0.2) is 40.7 Å². The molecule has 0 unspecified atom stereocenters. The second-order valence-electron chi connectivity index (χ2n) is 4.80. The Balaban J connectivity index is 2.16. The van der Waals surface area contributed by atoms with Crippen molar-refractivity contribution < 1.29 is 37.8 Å². The number of carboxylic acid groups (broad SMARTS) is 1. The lowest BCUT2D eigenvalue weighted by Crippen LogP contribution is -2.42. The molecule has 21 heavy (non-hydrogen) atoms. The van der Waals surface area contributed by atoms with Gasteiger partial charge in [0.1, 0.15) is 25.1 Å². The number of hydrogen-bond donors (Lipinski definition) is 3. The van der Waals surface area contributed by atoms with E-state index in [2.05, 4.69) is 0 Å². The third-order valence-corrected chi connectivity index (χ3v) is 6.89. The van der Waals surface area contributed by atoms with Gasteiger partial charge in [-0.3, -0.25) is 4.57 Å². The van der Waals surface area contributed by atoms with Crippen LogP contribution in [0.25, 0.3) is 0 Å². The van der Waals surface area contributed by atoms with Crippen LogP contribution in [0.5, 0.6) is 0 Å². The number of carbonyl (C=O) groups is 1. The van der Waals surface area contributed by atoms with Crippen molar-refractivity contribution in [2.24, 2.45) is 5.92 Å². The highest BCUT2D eigenvalue weighted by molar-refractivity contribution is 7.73. The molecule has 4 rings (SSSR count). The lowest BCUT2D eigenvalue weighted by atomic mass is 10.2. The van der Waals surface area contributed by atoms with E-state index in [4.69, 9.17) is 18.7 Å². The Bertz CT molecular complexity index is 617. The lowest BCUT2D eigenvalue weighted by molar-refractivity contribution is -0.0129. The van der Waals surface area contributed by atoms with Gasteiger partial charge in [0.15, 0.2) is 5.30 Å². The van der Waals surface area contributed by atoms with Crippen molar-refractivity contribution in [3.05, 3.63) is 23.8 Å². The van der Waals surface area contributed by atoms with Crippen LogP contribution < -0.4 is 10.6 Å². The molecule has 1 aromatic rings. The van der Waals surface area contributed by atoms with Crippen LogP contribution in [0.3, 0.4) is 0 Å². The Morgan fingerprint density at radius 2 is 1.76 bits per heavy atom. The summed E-state index contributed by atoms with van der Waals surface area (Å²) in [4.78, 5) is 30.0. The van der Waals surface area contributed by atoms with Gasteiger partial charge in [0, 0.05) is 12.0 Å². The van der Waals surface area contributed by atoms with E-state index in [1.54, 1.807) is 0 Å². The van der Waals surface area contributed by atoms with Gasteiger partial charge in [-0.05, 0) is 12.1 Å². The number of rotatable bonds is 3. The maximum atomic E-state index is 11.6. The van der Waals surface area contributed by atoms with Gasteiger partial charge in [-0.2, -0.15) is 13.6 Å². The molecular formula is C11H13O8P2+. The molecule has 3 heterocycles. The third kappa shape index (κ3) is 2.64. The molecule has 0 aromatic heterocycles. The molecule has 8 nitrogen and oxygen atoms in total. The van der Waals surface area contributed by atoms with Crippen LogP contribution in [0.1, 0.15) is 10.4 Å². The van der Waals surface area contributed by atoms with Crippen LogP contribution >= 0.6 is 15.5 Å². The van der Waals surface area contributed by atoms with Gasteiger partial charge < -0.3 is 14.9 Å². The smallest absolute Gasteiger partial charge is 0.449 e. The minimum Gasteiger partial charge on any atom is -0.478 e. The van der Waals surface area contributed by atoms with Crippen molar-refractivity contribution in [3.63, 3.8) is 0 Å². The van der Waals surface area contributed by atoms with Crippen molar-refractivity contribution in [2.75, 3.05) is 19.8 Å². The molecule has 0 aliphatic carbocycles. The molecule has 114 valence electrons. The first kappa shape index (κ1) is 15.1. The van der Waals surface area contributed by atoms with Gasteiger partial charge in [-0.1, -0.05) is 0 Å². The first-order chi connectivity index (χ1) is 9.82. The Kier molecular flexibility index (Phi) is 3.66. The fourth-order valence-corrected chi connectivity index (χ4v) is 6.10. The highest BCUT2D eigenvalue weighted by atomic mass is 31.2. The SMILES string of the molecule is O=C(O)c1ccc(P(=O)(O)O)c([P+]23OCC(CO2)CO3)c1. The molecule has 0 radical (unpaired) electrons. The van der Waals surface area contributed by atoms with E-state index in [0.717, 1.165) is 18.2 Å². The van der Waals surface area contributed by atoms with Crippen LogP contribution in [0.4, 0.5) is 0 Å². The van der Waals surface area contributed by atoms with Crippen molar-refractivity contribution in [1.29, 1.82) is 0 Å². The third-order valence-electron chi connectivity index (χ3n) is 3.27. The highest BCUT2D eigenvalue weighted by Gasteiger charge is 2.59. The van der Waals surface area contributed by atoms with Gasteiger partial charge in [0.25, 0.3) is 0 Å². The summed E-state index contributed by atoms with van der Waals surface area (Å²) in [6.07, 6.45) is 0. The fourth-order valence-electron chi connectivity index (χ4n) is 2.20. The quantitative estimate of drug-likeness (QED) is 0.673. The van der Waals surface area contributed by atoms with Gasteiger partial charge >= 0.3 is 21.5 Å². The monoisotopic (exact) mass is 335 g/mol. The summed E-state index contributed by atoms with van der Waals surface area (Å²) in [6.45, 7) is 1.10. The van der Waals surface area contributed by atoms with E-state index in [9.17, 15) is 19.1 Å². The molecule has 0 spiro atoms. The van der Waals surface area contributed by atoms with Crippen molar-refractivity contribution >= 4 is 32.1 Å². The number of carboxylic acids is 1. The summed E-state index contributed by atoms with van der Waals surface area (Å²) >= 11 is 0. The van der Waals surface area contributed by atoms with E-state index in [-0.39, 0.29) is 22.1 Å². The van der Waals surface area contributed by atoms with Gasteiger partial charge in [-0.15, -0.1) is 0 Å². The van der Waals surface area contributed by atoms with E-state index in [1.807, 2.05) is 0 Å². The van der Waals surface area contributed by atoms with Crippen LogP contribution in [-0.2, 0) is 18.1 Å². The highest BCUT2D eigenvalue weighted by Crippen LogP contribution is 2.66. The summed E-state index contributed by atoms with van der Waals surface area (Å²) in [5, 5.41) is 8.75. The predicted molar refractivity (Wildman–Crippen MR) is 73.0 cm³/mol. The zero-order chi connectivity index (χ0) is 15.3. The average molecular weight is 335 g/mol. The first-order valence-corrected chi connectivity index (χ1v) is 9.24. The number of hydrogen-bond acceptors (Lipinski definition) is 5. The first-order valence-electron chi connectivity index (χ1n) is 6.08. The molecule has 10 heteroatoms. The van der Waals surface area contributed by atoms with Crippen LogP contribution in [0.15, 0.2) is 18.2 Å². The Labute approximate surface area is 120 Å². The van der Waals surface area contributed by atoms with Crippen molar-refractivity contribution in [2.45, 2.75) is 0 Å². The molecule has 3 aliphatic heterocycles. The standard InChI is InChI=1S/C11H12O8P2/c12-11(13)8-1-2-9(20(14,15)16)10(3-8)21-17-4-7(5-18-21)6-19-21/h1-3,7H,4-6H2,(H2-,12,13,14,15,16)/p+1. The molecular weight excluding hydrogens is 322 g/mol. The lowest BCUT2D eigenvalue weighted by Gasteiger charge is -2.35. The summed E-state index contributed by atoms with van der Waals surface area (Å²) in [5.41, 5.74) is -0.111. The number of fused-ring (bicyclic) bond motifs is 3. The van der Waals surface area contributed by atoms with E-state index >= 15 is 0 Å². The average Bonchev–Trinajstić information content (AvgIpc) is 2.47. The number of aromatic carboxylic acids is 1. The molecule has 2 bridgehead atoms.